The predicted molar refractivity (Wildman–Crippen MR) is 74.0 cm³/mol. The average Bonchev–Trinajstić information content (AvgIpc) is 2.89. The van der Waals surface area contributed by atoms with Gasteiger partial charge < -0.3 is 26.2 Å². The number of nitrogens with two attached hydrogens (primary N) is 1. The number of nitrogen functional groups attached to an aromatic ring is 1. The van der Waals surface area contributed by atoms with Crippen LogP contribution in [0, 0.1) is 5.92 Å². The Hall–Kier alpha value is -1.75. The van der Waals surface area contributed by atoms with Crippen molar-refractivity contribution in [2.45, 2.75) is 24.7 Å². The number of thiazole rings is 1. The van der Waals surface area contributed by atoms with Gasteiger partial charge >= 0.3 is 4.87 Å². The minimum absolute atomic E-state index is 0.116. The second kappa shape index (κ2) is 4.91. The number of aromatic hydroxyl groups is 1. The topological polar surface area (TPSA) is 155 Å². The summed E-state index contributed by atoms with van der Waals surface area (Å²) in [5.41, 5.74) is 5.59. The molecule has 0 aromatic carbocycles. The van der Waals surface area contributed by atoms with Crippen molar-refractivity contribution in [2.75, 3.05) is 12.3 Å². The molecule has 114 valence electrons. The van der Waals surface area contributed by atoms with Gasteiger partial charge in [-0.1, -0.05) is 11.3 Å². The molecule has 0 radical (unpaired) electrons. The SMILES string of the molecule is Nc1nc(O)c2sc(=O)n([C@@H]3C[C@H](CO)[C@@H](O)[C@H]3O)c2n1. The highest BCUT2D eigenvalue weighted by Gasteiger charge is 2.43. The quantitative estimate of drug-likeness (QED) is 0.444. The zero-order chi connectivity index (χ0) is 15.3. The fourth-order valence-electron chi connectivity index (χ4n) is 2.75. The van der Waals surface area contributed by atoms with Crippen LogP contribution in [0.1, 0.15) is 12.5 Å². The van der Waals surface area contributed by atoms with Crippen molar-refractivity contribution in [1.82, 2.24) is 14.5 Å². The number of fused-ring (bicyclic) bond motifs is 1. The predicted octanol–water partition coefficient (Wildman–Crippen LogP) is -1.58. The Kier molecular flexibility index (Phi) is 3.32. The van der Waals surface area contributed by atoms with Gasteiger partial charge in [-0.25, -0.2) is 0 Å². The molecule has 2 heterocycles. The second-order valence-corrected chi connectivity index (χ2v) is 5.98. The summed E-state index contributed by atoms with van der Waals surface area (Å²) in [6.45, 7) is -0.298. The zero-order valence-electron chi connectivity index (χ0n) is 10.7. The lowest BCUT2D eigenvalue weighted by molar-refractivity contribution is -0.00386. The largest absolute Gasteiger partial charge is 0.492 e. The number of aliphatic hydroxyl groups excluding tert-OH is 3. The highest BCUT2D eigenvalue weighted by atomic mass is 32.1. The fraction of sp³-hybridized carbons (Fsp3) is 0.545. The summed E-state index contributed by atoms with van der Waals surface area (Å²) in [7, 11) is 0. The number of rotatable bonds is 2. The first-order chi connectivity index (χ1) is 9.93. The van der Waals surface area contributed by atoms with Crippen LogP contribution in [0.2, 0.25) is 0 Å². The molecule has 0 aliphatic heterocycles. The van der Waals surface area contributed by atoms with Gasteiger partial charge in [-0.15, -0.1) is 0 Å². The number of anilines is 1. The van der Waals surface area contributed by atoms with Crippen LogP contribution in [-0.2, 0) is 0 Å². The number of hydrogen-bond donors (Lipinski definition) is 5. The lowest BCUT2D eigenvalue weighted by atomic mass is 10.1. The molecule has 1 aliphatic carbocycles. The molecular weight excluding hydrogens is 300 g/mol. The Morgan fingerprint density at radius 1 is 1.33 bits per heavy atom. The summed E-state index contributed by atoms with van der Waals surface area (Å²) in [5.74, 6) is -1.12. The first kappa shape index (κ1) is 14.2. The Balaban J connectivity index is 2.17. The number of aliphatic hydroxyl groups is 3. The third kappa shape index (κ3) is 2.07. The van der Waals surface area contributed by atoms with Gasteiger partial charge in [0, 0.05) is 12.5 Å². The van der Waals surface area contributed by atoms with E-state index in [1.54, 1.807) is 0 Å². The van der Waals surface area contributed by atoms with E-state index in [4.69, 9.17) is 5.73 Å². The van der Waals surface area contributed by atoms with Crippen molar-refractivity contribution >= 4 is 27.6 Å². The van der Waals surface area contributed by atoms with E-state index in [0.29, 0.717) is 0 Å². The molecule has 21 heavy (non-hydrogen) atoms. The van der Waals surface area contributed by atoms with Gasteiger partial charge in [-0.05, 0) is 6.42 Å². The third-order valence-electron chi connectivity index (χ3n) is 3.80. The van der Waals surface area contributed by atoms with E-state index < -0.39 is 34.9 Å². The molecule has 9 nitrogen and oxygen atoms in total. The van der Waals surface area contributed by atoms with Gasteiger partial charge in [-0.3, -0.25) is 9.36 Å². The normalized spacial score (nSPS) is 29.3. The molecule has 2 aromatic heterocycles. The second-order valence-electron chi connectivity index (χ2n) is 5.02. The zero-order valence-corrected chi connectivity index (χ0v) is 11.6. The average molecular weight is 314 g/mol. The number of hydrogen-bond acceptors (Lipinski definition) is 9. The molecule has 1 aliphatic rings. The van der Waals surface area contributed by atoms with Crippen LogP contribution < -0.4 is 10.6 Å². The molecule has 0 bridgehead atoms. The fourth-order valence-corrected chi connectivity index (χ4v) is 3.62. The lowest BCUT2D eigenvalue weighted by Crippen LogP contribution is -2.32. The third-order valence-corrected chi connectivity index (χ3v) is 4.74. The minimum Gasteiger partial charge on any atom is -0.492 e. The van der Waals surface area contributed by atoms with Gasteiger partial charge in [0.05, 0.1) is 12.1 Å². The van der Waals surface area contributed by atoms with Crippen molar-refractivity contribution in [3.05, 3.63) is 9.67 Å². The molecule has 3 rings (SSSR count). The van der Waals surface area contributed by atoms with Crippen LogP contribution in [0.4, 0.5) is 5.95 Å². The van der Waals surface area contributed by atoms with Gasteiger partial charge in [0.25, 0.3) is 0 Å². The van der Waals surface area contributed by atoms with Gasteiger partial charge in [0.1, 0.15) is 10.8 Å². The van der Waals surface area contributed by atoms with E-state index in [1.807, 2.05) is 0 Å². The summed E-state index contributed by atoms with van der Waals surface area (Å²) in [6.07, 6.45) is -2.12. The number of nitrogens with zero attached hydrogens (tertiary/aromatic N) is 3. The molecular formula is C11H14N4O5S. The molecule has 4 atom stereocenters. The molecule has 0 amide bonds. The molecule has 1 fully saturated rings. The van der Waals surface area contributed by atoms with E-state index in [0.717, 1.165) is 11.3 Å². The minimum atomic E-state index is -1.21. The standard InChI is InChI=1S/C11H14N4O5S/c12-10-13-8-7(9(19)14-10)21-11(20)15(8)4-1-3(2-16)5(17)6(4)18/h3-6,16-18H,1-2H2,(H3,12,13,14,19)/t3-,4-,5-,6+/m1/s1. The maximum Gasteiger partial charge on any atom is 0.309 e. The molecule has 2 aromatic rings. The number of aromatic nitrogens is 3. The van der Waals surface area contributed by atoms with E-state index in [-0.39, 0.29) is 29.3 Å². The molecule has 0 unspecified atom stereocenters. The van der Waals surface area contributed by atoms with E-state index in [9.17, 15) is 25.2 Å². The van der Waals surface area contributed by atoms with E-state index >= 15 is 0 Å². The highest BCUT2D eigenvalue weighted by molar-refractivity contribution is 7.16. The Morgan fingerprint density at radius 3 is 2.67 bits per heavy atom. The summed E-state index contributed by atoms with van der Waals surface area (Å²) < 4.78 is 1.37. The van der Waals surface area contributed by atoms with Crippen molar-refractivity contribution < 1.29 is 20.4 Å². The smallest absolute Gasteiger partial charge is 0.309 e. The summed E-state index contributed by atoms with van der Waals surface area (Å²) in [4.78, 5) is 19.2. The highest BCUT2D eigenvalue weighted by Crippen LogP contribution is 2.37. The Morgan fingerprint density at radius 2 is 2.05 bits per heavy atom. The maximum absolute atomic E-state index is 12.1. The summed E-state index contributed by atoms with van der Waals surface area (Å²) in [5, 5.41) is 38.9. The van der Waals surface area contributed by atoms with Crippen LogP contribution in [0.15, 0.2) is 4.79 Å². The van der Waals surface area contributed by atoms with Crippen LogP contribution in [0.5, 0.6) is 5.88 Å². The molecule has 6 N–H and O–H groups in total. The van der Waals surface area contributed by atoms with E-state index in [2.05, 4.69) is 9.97 Å². The first-order valence-corrected chi connectivity index (χ1v) is 7.10. The van der Waals surface area contributed by atoms with Crippen LogP contribution in [-0.4, -0.2) is 53.8 Å². The van der Waals surface area contributed by atoms with Crippen LogP contribution in [0.25, 0.3) is 10.3 Å². The first-order valence-electron chi connectivity index (χ1n) is 6.28. The van der Waals surface area contributed by atoms with Crippen molar-refractivity contribution in [2.24, 2.45) is 5.92 Å². The Labute approximate surface area is 121 Å². The van der Waals surface area contributed by atoms with Gasteiger partial charge in [-0.2, -0.15) is 9.97 Å². The maximum atomic E-state index is 12.1. The van der Waals surface area contributed by atoms with Crippen molar-refractivity contribution in [3.63, 3.8) is 0 Å². The lowest BCUT2D eigenvalue weighted by Gasteiger charge is -2.17. The van der Waals surface area contributed by atoms with Crippen LogP contribution in [0.3, 0.4) is 0 Å². The van der Waals surface area contributed by atoms with Gasteiger partial charge in [0.2, 0.25) is 11.8 Å². The Bertz CT molecular complexity index is 744. The summed E-state index contributed by atoms with van der Waals surface area (Å²) in [6, 6.07) is -0.743. The van der Waals surface area contributed by atoms with Gasteiger partial charge in [0.15, 0.2) is 5.65 Å². The van der Waals surface area contributed by atoms with Crippen molar-refractivity contribution in [3.8, 4) is 5.88 Å². The van der Waals surface area contributed by atoms with Crippen LogP contribution >= 0.6 is 11.3 Å². The molecule has 1 saturated carbocycles. The van der Waals surface area contributed by atoms with Crippen molar-refractivity contribution in [1.29, 1.82) is 0 Å². The molecule has 10 heteroatoms. The monoisotopic (exact) mass is 314 g/mol. The van der Waals surface area contributed by atoms with E-state index in [1.165, 1.54) is 4.57 Å². The molecule has 0 saturated heterocycles. The molecule has 0 spiro atoms. The summed E-state index contributed by atoms with van der Waals surface area (Å²) >= 11 is 0.735.